The highest BCUT2D eigenvalue weighted by atomic mass is 32.2. The Morgan fingerprint density at radius 3 is 2.24 bits per heavy atom. The lowest BCUT2D eigenvalue weighted by Crippen LogP contribution is -2.57. The number of carbonyl (C=O) groups is 1. The van der Waals surface area contributed by atoms with Crippen LogP contribution in [0, 0.1) is 23.7 Å². The van der Waals surface area contributed by atoms with Crippen LogP contribution in [0.5, 0.6) is 11.5 Å². The van der Waals surface area contributed by atoms with Crippen LogP contribution in [0.4, 0.5) is 0 Å². The van der Waals surface area contributed by atoms with Gasteiger partial charge in [0.2, 0.25) is 0 Å². The van der Waals surface area contributed by atoms with Gasteiger partial charge in [0.15, 0.2) is 0 Å². The smallest absolute Gasteiger partial charge is 0.266 e. The van der Waals surface area contributed by atoms with Gasteiger partial charge in [-0.1, -0.05) is 24.0 Å². The predicted octanol–water partition coefficient (Wildman–Crippen LogP) is 5.72. The van der Waals surface area contributed by atoms with Gasteiger partial charge in [0.1, 0.15) is 15.8 Å². The Balaban J connectivity index is 1.25. The van der Waals surface area contributed by atoms with Crippen LogP contribution >= 0.6 is 24.0 Å². The number of methoxy groups -OCH3 is 2. The van der Waals surface area contributed by atoms with Crippen molar-refractivity contribution in [3.63, 3.8) is 0 Å². The summed E-state index contributed by atoms with van der Waals surface area (Å²) in [6.07, 6.45) is 8.45. The number of ether oxygens (including phenoxy) is 2. The average Bonchev–Trinajstić information content (AvgIpc) is 3.38. The molecule has 1 N–H and O–H groups in total. The lowest BCUT2D eigenvalue weighted by atomic mass is 9.54. The zero-order valence-electron chi connectivity index (χ0n) is 18.9. The molecule has 4 saturated carbocycles. The Bertz CT molecular complexity index is 1100. The van der Waals surface area contributed by atoms with Gasteiger partial charge in [-0.15, -0.1) is 0 Å². The van der Waals surface area contributed by atoms with E-state index in [2.05, 4.69) is 4.98 Å². The number of benzene rings is 1. The van der Waals surface area contributed by atoms with Gasteiger partial charge in [-0.2, -0.15) is 0 Å². The first-order chi connectivity index (χ1) is 16.0. The summed E-state index contributed by atoms with van der Waals surface area (Å²) in [6.45, 7) is 0. The molecule has 0 unspecified atom stereocenters. The molecule has 7 heteroatoms. The summed E-state index contributed by atoms with van der Waals surface area (Å²) in [4.78, 5) is 19.6. The van der Waals surface area contributed by atoms with Gasteiger partial charge >= 0.3 is 0 Å². The van der Waals surface area contributed by atoms with Crippen molar-refractivity contribution in [2.75, 3.05) is 14.2 Å². The van der Waals surface area contributed by atoms with Crippen LogP contribution in [-0.2, 0) is 4.79 Å². The Morgan fingerprint density at radius 2 is 1.64 bits per heavy atom. The van der Waals surface area contributed by atoms with Crippen LogP contribution in [0.3, 0.4) is 0 Å². The molecule has 5 fully saturated rings. The molecule has 172 valence electrons. The maximum atomic E-state index is 13.5. The summed E-state index contributed by atoms with van der Waals surface area (Å²) < 4.78 is 11.5. The molecule has 4 bridgehead atoms. The van der Waals surface area contributed by atoms with Crippen molar-refractivity contribution in [3.8, 4) is 22.8 Å². The highest BCUT2D eigenvalue weighted by Crippen LogP contribution is 2.56. The van der Waals surface area contributed by atoms with Gasteiger partial charge < -0.3 is 14.5 Å². The molecule has 1 saturated heterocycles. The van der Waals surface area contributed by atoms with E-state index in [0.29, 0.717) is 22.8 Å². The second kappa shape index (κ2) is 8.20. The zero-order chi connectivity index (χ0) is 22.7. The summed E-state index contributed by atoms with van der Waals surface area (Å²) in [5, 5.41) is 0. The number of nitrogens with one attached hydrogen (secondary N) is 1. The van der Waals surface area contributed by atoms with Crippen molar-refractivity contribution in [1.29, 1.82) is 0 Å². The van der Waals surface area contributed by atoms with Crippen molar-refractivity contribution in [2.45, 2.75) is 38.1 Å². The quantitative estimate of drug-likeness (QED) is 0.438. The minimum atomic E-state index is 0.0849. The number of nitrogens with zero attached hydrogens (tertiary/aromatic N) is 1. The van der Waals surface area contributed by atoms with E-state index < -0.39 is 0 Å². The van der Waals surface area contributed by atoms with E-state index >= 15 is 0 Å². The fourth-order valence-electron chi connectivity index (χ4n) is 6.82. The molecule has 4 aliphatic carbocycles. The highest BCUT2D eigenvalue weighted by molar-refractivity contribution is 8.26. The SMILES string of the molecule is COc1cc(OC)cc(-c2ccc(/C=C3/SC(=S)N(C4C5CC6CC(C5)CC4C6)C3=O)[nH]2)c1. The molecule has 1 aromatic heterocycles. The largest absolute Gasteiger partial charge is 0.497 e. The standard InChI is InChI=1S/C26H28N2O3S2/c1-30-20-10-16(11-21(13-20)31-2)22-4-3-19(27-22)12-23-25(29)28(26(32)33-23)24-17-6-14-5-15(8-17)9-18(24)7-14/h3-4,10-15,17-18,24,27H,5-9H2,1-2H3/b23-12+. The lowest BCUT2D eigenvalue weighted by molar-refractivity contribution is -0.130. The Kier molecular flexibility index (Phi) is 5.29. The van der Waals surface area contributed by atoms with Crippen molar-refractivity contribution >= 4 is 40.3 Å². The number of amides is 1. The van der Waals surface area contributed by atoms with Gasteiger partial charge in [0.05, 0.1) is 19.1 Å². The van der Waals surface area contributed by atoms with E-state index in [0.717, 1.165) is 44.6 Å². The lowest BCUT2D eigenvalue weighted by Gasteiger charge is -2.56. The number of thioether (sulfide) groups is 1. The van der Waals surface area contributed by atoms with E-state index in [4.69, 9.17) is 21.7 Å². The third-order valence-corrected chi connectivity index (χ3v) is 9.29. The Labute approximate surface area is 203 Å². The van der Waals surface area contributed by atoms with Crippen LogP contribution < -0.4 is 9.47 Å². The third kappa shape index (κ3) is 3.69. The van der Waals surface area contributed by atoms with Gasteiger partial charge in [-0.25, -0.2) is 0 Å². The number of hydrogen-bond acceptors (Lipinski definition) is 5. The minimum absolute atomic E-state index is 0.0849. The molecule has 0 radical (unpaired) electrons. The van der Waals surface area contributed by atoms with Crippen molar-refractivity contribution in [3.05, 3.63) is 40.9 Å². The first kappa shape index (κ1) is 21.3. The van der Waals surface area contributed by atoms with Crippen molar-refractivity contribution in [2.24, 2.45) is 23.7 Å². The van der Waals surface area contributed by atoms with Gasteiger partial charge in [0, 0.05) is 29.1 Å². The second-order valence-electron chi connectivity index (χ2n) is 9.90. The summed E-state index contributed by atoms with van der Waals surface area (Å²) in [6, 6.07) is 10.1. The second-order valence-corrected chi connectivity index (χ2v) is 11.6. The number of aromatic amines is 1. The molecule has 7 rings (SSSR count). The Hall–Kier alpha value is -2.25. The van der Waals surface area contributed by atoms with Crippen LogP contribution in [0.2, 0.25) is 0 Å². The first-order valence-corrected chi connectivity index (χ1v) is 12.9. The maximum Gasteiger partial charge on any atom is 0.266 e. The summed E-state index contributed by atoms with van der Waals surface area (Å²) in [5.41, 5.74) is 2.79. The monoisotopic (exact) mass is 480 g/mol. The van der Waals surface area contributed by atoms with E-state index in [1.54, 1.807) is 14.2 Å². The van der Waals surface area contributed by atoms with Crippen molar-refractivity contribution in [1.82, 2.24) is 9.88 Å². The number of carbonyl (C=O) groups excluding carboxylic acids is 1. The molecule has 0 atom stereocenters. The molecule has 33 heavy (non-hydrogen) atoms. The minimum Gasteiger partial charge on any atom is -0.497 e. The summed E-state index contributed by atoms with van der Waals surface area (Å²) in [7, 11) is 3.29. The summed E-state index contributed by atoms with van der Waals surface area (Å²) in [5.74, 6) is 4.57. The van der Waals surface area contributed by atoms with E-state index in [9.17, 15) is 4.79 Å². The normalized spacial score (nSPS) is 31.6. The van der Waals surface area contributed by atoms with Gasteiger partial charge in [-0.3, -0.25) is 9.69 Å². The molecule has 0 spiro atoms. The van der Waals surface area contributed by atoms with Crippen LogP contribution in [0.1, 0.15) is 37.8 Å². The molecule has 1 aliphatic heterocycles. The van der Waals surface area contributed by atoms with Crippen LogP contribution in [0.15, 0.2) is 35.2 Å². The fourth-order valence-corrected chi connectivity index (χ4v) is 8.16. The molecule has 5 nitrogen and oxygen atoms in total. The maximum absolute atomic E-state index is 13.5. The predicted molar refractivity (Wildman–Crippen MR) is 135 cm³/mol. The number of aromatic nitrogens is 1. The molecular weight excluding hydrogens is 452 g/mol. The average molecular weight is 481 g/mol. The van der Waals surface area contributed by atoms with E-state index in [-0.39, 0.29) is 5.91 Å². The fraction of sp³-hybridized carbons (Fsp3) is 0.462. The zero-order valence-corrected chi connectivity index (χ0v) is 20.5. The molecule has 2 heterocycles. The molecule has 2 aromatic rings. The van der Waals surface area contributed by atoms with Crippen molar-refractivity contribution < 1.29 is 14.3 Å². The molecular formula is C26H28N2O3S2. The summed E-state index contributed by atoms with van der Waals surface area (Å²) >= 11 is 7.18. The van der Waals surface area contributed by atoms with E-state index in [1.165, 1.54) is 43.9 Å². The topological polar surface area (TPSA) is 54.6 Å². The van der Waals surface area contributed by atoms with Crippen LogP contribution in [-0.4, -0.2) is 40.4 Å². The first-order valence-electron chi connectivity index (χ1n) is 11.7. The van der Waals surface area contributed by atoms with Gasteiger partial charge in [0.25, 0.3) is 5.91 Å². The van der Waals surface area contributed by atoms with Gasteiger partial charge in [-0.05, 0) is 86.1 Å². The van der Waals surface area contributed by atoms with E-state index in [1.807, 2.05) is 41.3 Å². The molecule has 1 aromatic carbocycles. The third-order valence-electron chi connectivity index (χ3n) is 7.96. The number of rotatable bonds is 5. The molecule has 1 amide bonds. The number of H-pyrrole nitrogens is 1. The van der Waals surface area contributed by atoms with Crippen LogP contribution in [0.25, 0.3) is 17.3 Å². The Morgan fingerprint density at radius 1 is 1.00 bits per heavy atom. The number of hydrogen-bond donors (Lipinski definition) is 1. The number of thiocarbonyl (C=S) groups is 1. The highest BCUT2D eigenvalue weighted by Gasteiger charge is 2.53. The molecule has 5 aliphatic rings.